The highest BCUT2D eigenvalue weighted by molar-refractivity contribution is 5.90. The van der Waals surface area contributed by atoms with Crippen LogP contribution in [0.4, 0.5) is 10.5 Å². The van der Waals surface area contributed by atoms with Crippen molar-refractivity contribution in [2.24, 2.45) is 0 Å². The Morgan fingerprint density at radius 2 is 1.85 bits per heavy atom. The Balaban J connectivity index is 2.48. The van der Waals surface area contributed by atoms with Crippen LogP contribution in [0.2, 0.25) is 0 Å². The molecule has 1 rings (SSSR count). The van der Waals surface area contributed by atoms with Gasteiger partial charge < -0.3 is 10.6 Å². The van der Waals surface area contributed by atoms with E-state index in [4.69, 9.17) is 0 Å². The van der Waals surface area contributed by atoms with Crippen LogP contribution in [0.5, 0.6) is 0 Å². The second-order valence-corrected chi connectivity index (χ2v) is 4.92. The lowest BCUT2D eigenvalue weighted by Crippen LogP contribution is -2.43. The van der Waals surface area contributed by atoms with Crippen LogP contribution >= 0.6 is 0 Å². The lowest BCUT2D eigenvalue weighted by Gasteiger charge is -2.26. The van der Waals surface area contributed by atoms with Gasteiger partial charge in [0.05, 0.1) is 0 Å². The molecule has 0 aliphatic carbocycles. The third-order valence-corrected chi connectivity index (χ3v) is 3.64. The predicted molar refractivity (Wildman–Crippen MR) is 85.2 cm³/mol. The van der Waals surface area contributed by atoms with Crippen molar-refractivity contribution in [3.05, 3.63) is 29.8 Å². The molecule has 0 unspecified atom stereocenters. The van der Waals surface area contributed by atoms with Gasteiger partial charge in [0.15, 0.2) is 0 Å². The van der Waals surface area contributed by atoms with Gasteiger partial charge in [0.25, 0.3) is 0 Å². The molecule has 0 saturated heterocycles. The Hall–Kier alpha value is -1.55. The summed E-state index contributed by atoms with van der Waals surface area (Å²) in [7, 11) is 0. The van der Waals surface area contributed by atoms with Gasteiger partial charge in [-0.3, -0.25) is 4.90 Å². The molecule has 0 heterocycles. The molecule has 0 radical (unpaired) electrons. The number of carbonyl (C=O) groups is 1. The van der Waals surface area contributed by atoms with Crippen LogP contribution in [-0.2, 0) is 6.42 Å². The van der Waals surface area contributed by atoms with Gasteiger partial charge in [0, 0.05) is 18.3 Å². The second kappa shape index (κ2) is 8.59. The molecule has 2 amide bonds. The summed E-state index contributed by atoms with van der Waals surface area (Å²) in [5.41, 5.74) is 2.04. The fraction of sp³-hybridized carbons (Fsp3) is 0.562. The number of rotatable bonds is 7. The SMILES string of the molecule is CCc1ccccc1NC(=O)NC[C@@H](C)N(CC)CC. The van der Waals surface area contributed by atoms with Crippen molar-refractivity contribution in [2.45, 2.75) is 40.2 Å². The summed E-state index contributed by atoms with van der Waals surface area (Å²) in [4.78, 5) is 14.3. The Bertz CT molecular complexity index is 416. The van der Waals surface area contributed by atoms with Gasteiger partial charge in [0.2, 0.25) is 0 Å². The number of hydrogen-bond donors (Lipinski definition) is 2. The van der Waals surface area contributed by atoms with Crippen molar-refractivity contribution in [3.63, 3.8) is 0 Å². The number of likely N-dealkylation sites (N-methyl/N-ethyl adjacent to an activating group) is 1. The zero-order valence-electron chi connectivity index (χ0n) is 13.1. The van der Waals surface area contributed by atoms with Crippen molar-refractivity contribution < 1.29 is 4.79 Å². The van der Waals surface area contributed by atoms with E-state index >= 15 is 0 Å². The zero-order valence-corrected chi connectivity index (χ0v) is 13.1. The number of carbonyl (C=O) groups excluding carboxylic acids is 1. The van der Waals surface area contributed by atoms with E-state index in [1.165, 1.54) is 0 Å². The largest absolute Gasteiger partial charge is 0.336 e. The number of aryl methyl sites for hydroxylation is 1. The third kappa shape index (κ3) is 4.85. The Morgan fingerprint density at radius 1 is 1.20 bits per heavy atom. The lowest BCUT2D eigenvalue weighted by molar-refractivity contribution is 0.220. The molecule has 4 nitrogen and oxygen atoms in total. The molecular weight excluding hydrogens is 250 g/mol. The fourth-order valence-corrected chi connectivity index (χ4v) is 2.33. The van der Waals surface area contributed by atoms with Gasteiger partial charge in [-0.15, -0.1) is 0 Å². The first-order chi connectivity index (χ1) is 9.62. The summed E-state index contributed by atoms with van der Waals surface area (Å²) in [5.74, 6) is 0. The first-order valence-corrected chi connectivity index (χ1v) is 7.49. The average Bonchev–Trinajstić information content (AvgIpc) is 2.47. The van der Waals surface area contributed by atoms with Crippen LogP contribution in [0, 0.1) is 0 Å². The van der Waals surface area contributed by atoms with Gasteiger partial charge in [-0.2, -0.15) is 0 Å². The number of amides is 2. The number of urea groups is 1. The first kappa shape index (κ1) is 16.5. The monoisotopic (exact) mass is 277 g/mol. The molecule has 2 N–H and O–H groups in total. The number of benzene rings is 1. The molecule has 0 saturated carbocycles. The van der Waals surface area contributed by atoms with E-state index in [1.54, 1.807) is 0 Å². The smallest absolute Gasteiger partial charge is 0.319 e. The molecule has 0 spiro atoms. The molecule has 0 aliphatic heterocycles. The molecule has 0 fully saturated rings. The second-order valence-electron chi connectivity index (χ2n) is 4.92. The normalized spacial score (nSPS) is 12.2. The predicted octanol–water partition coefficient (Wildman–Crippen LogP) is 3.10. The average molecular weight is 277 g/mol. The van der Waals surface area contributed by atoms with Crippen LogP contribution in [0.1, 0.15) is 33.3 Å². The quantitative estimate of drug-likeness (QED) is 0.804. The Morgan fingerprint density at radius 3 is 2.45 bits per heavy atom. The van der Waals surface area contributed by atoms with E-state index in [-0.39, 0.29) is 6.03 Å². The number of nitrogens with zero attached hydrogens (tertiary/aromatic N) is 1. The highest BCUT2D eigenvalue weighted by Crippen LogP contribution is 2.14. The van der Waals surface area contributed by atoms with E-state index in [2.05, 4.69) is 43.2 Å². The number of hydrogen-bond acceptors (Lipinski definition) is 2. The van der Waals surface area contributed by atoms with Gasteiger partial charge in [-0.25, -0.2) is 4.79 Å². The summed E-state index contributed by atoms with van der Waals surface area (Å²) in [6.45, 7) is 11.1. The lowest BCUT2D eigenvalue weighted by atomic mass is 10.1. The molecule has 4 heteroatoms. The maximum atomic E-state index is 11.9. The minimum atomic E-state index is -0.134. The van der Waals surface area contributed by atoms with Gasteiger partial charge in [0.1, 0.15) is 0 Å². The topological polar surface area (TPSA) is 44.4 Å². The Labute approximate surface area is 122 Å². The minimum absolute atomic E-state index is 0.134. The molecule has 0 aliphatic rings. The molecule has 1 atom stereocenters. The van der Waals surface area contributed by atoms with Crippen LogP contribution in [0.3, 0.4) is 0 Å². The van der Waals surface area contributed by atoms with E-state index in [9.17, 15) is 4.79 Å². The third-order valence-electron chi connectivity index (χ3n) is 3.64. The van der Waals surface area contributed by atoms with Crippen molar-refractivity contribution >= 4 is 11.7 Å². The van der Waals surface area contributed by atoms with Crippen molar-refractivity contribution in [3.8, 4) is 0 Å². The minimum Gasteiger partial charge on any atom is -0.336 e. The number of anilines is 1. The summed E-state index contributed by atoms with van der Waals surface area (Å²) in [6.07, 6.45) is 0.909. The van der Waals surface area contributed by atoms with Crippen molar-refractivity contribution in [1.82, 2.24) is 10.2 Å². The summed E-state index contributed by atoms with van der Waals surface area (Å²) < 4.78 is 0. The first-order valence-electron chi connectivity index (χ1n) is 7.49. The molecule has 1 aromatic carbocycles. The highest BCUT2D eigenvalue weighted by atomic mass is 16.2. The number of nitrogens with one attached hydrogen (secondary N) is 2. The molecule has 0 aromatic heterocycles. The standard InChI is InChI=1S/C16H27N3O/c1-5-14-10-8-9-11-15(14)18-16(20)17-12-13(4)19(6-2)7-3/h8-11,13H,5-7,12H2,1-4H3,(H2,17,18,20)/t13-/m1/s1. The molecular formula is C16H27N3O. The van der Waals surface area contributed by atoms with E-state index in [0.717, 1.165) is 30.8 Å². The van der Waals surface area contributed by atoms with E-state index in [1.807, 2.05) is 24.3 Å². The van der Waals surface area contributed by atoms with Crippen molar-refractivity contribution in [1.29, 1.82) is 0 Å². The molecule has 1 aromatic rings. The fourth-order valence-electron chi connectivity index (χ4n) is 2.33. The highest BCUT2D eigenvalue weighted by Gasteiger charge is 2.11. The van der Waals surface area contributed by atoms with Gasteiger partial charge in [-0.1, -0.05) is 39.0 Å². The van der Waals surface area contributed by atoms with Crippen LogP contribution in [-0.4, -0.2) is 36.6 Å². The molecule has 20 heavy (non-hydrogen) atoms. The van der Waals surface area contributed by atoms with E-state index < -0.39 is 0 Å². The summed E-state index contributed by atoms with van der Waals surface area (Å²) in [6, 6.07) is 8.11. The maximum absolute atomic E-state index is 11.9. The molecule has 0 bridgehead atoms. The van der Waals surface area contributed by atoms with Gasteiger partial charge >= 0.3 is 6.03 Å². The van der Waals surface area contributed by atoms with Crippen LogP contribution in [0.15, 0.2) is 24.3 Å². The van der Waals surface area contributed by atoms with Crippen molar-refractivity contribution in [2.75, 3.05) is 25.0 Å². The summed E-state index contributed by atoms with van der Waals surface area (Å²) >= 11 is 0. The maximum Gasteiger partial charge on any atom is 0.319 e. The van der Waals surface area contributed by atoms with Gasteiger partial charge in [-0.05, 0) is 38.1 Å². The Kier molecular flexibility index (Phi) is 7.09. The van der Waals surface area contributed by atoms with E-state index in [0.29, 0.717) is 12.6 Å². The van der Waals surface area contributed by atoms with Crippen LogP contribution in [0.25, 0.3) is 0 Å². The number of para-hydroxylation sites is 1. The molecule has 112 valence electrons. The zero-order chi connectivity index (χ0) is 15.0. The van der Waals surface area contributed by atoms with Crippen LogP contribution < -0.4 is 10.6 Å². The summed E-state index contributed by atoms with van der Waals surface area (Å²) in [5, 5.41) is 5.86.